The van der Waals surface area contributed by atoms with Crippen LogP contribution in [0.5, 0.6) is 0 Å². The van der Waals surface area contributed by atoms with Gasteiger partial charge >= 0.3 is 0 Å². The summed E-state index contributed by atoms with van der Waals surface area (Å²) in [7, 11) is 0. The fraction of sp³-hybridized carbons (Fsp3) is 0.538. The van der Waals surface area contributed by atoms with E-state index in [1.807, 2.05) is 4.90 Å². The average Bonchev–Trinajstić information content (AvgIpc) is 2.32. The summed E-state index contributed by atoms with van der Waals surface area (Å²) in [5, 5.41) is 0. The molecule has 2 rings (SSSR count). The molecule has 1 aromatic carbocycles. The van der Waals surface area contributed by atoms with Crippen molar-refractivity contribution in [2.45, 2.75) is 25.2 Å². The van der Waals surface area contributed by atoms with Gasteiger partial charge in [-0.15, -0.1) is 0 Å². The van der Waals surface area contributed by atoms with Crippen molar-refractivity contribution in [3.05, 3.63) is 34.1 Å². The minimum Gasteiger partial charge on any atom is -0.303 e. The minimum atomic E-state index is -2.49. The first kappa shape index (κ1) is 13.9. The molecule has 1 aromatic rings. The molecular formula is C13H15BrF3N. The highest BCUT2D eigenvalue weighted by Crippen LogP contribution is 2.27. The number of likely N-dealkylation sites (tertiary alicyclic amines) is 1. The number of hydrogen-bond donors (Lipinski definition) is 0. The highest BCUT2D eigenvalue weighted by molar-refractivity contribution is 9.10. The lowest BCUT2D eigenvalue weighted by molar-refractivity contribution is -0.0548. The molecule has 0 unspecified atom stereocenters. The minimum absolute atomic E-state index is 0.0554. The zero-order valence-corrected chi connectivity index (χ0v) is 11.5. The Bertz CT molecular complexity index is 413. The Hall–Kier alpha value is -0.550. The number of halogens is 4. The lowest BCUT2D eigenvalue weighted by Gasteiger charge is -2.31. The van der Waals surface area contributed by atoms with Crippen molar-refractivity contribution >= 4 is 15.9 Å². The van der Waals surface area contributed by atoms with Gasteiger partial charge in [-0.3, -0.25) is 0 Å². The highest BCUT2D eigenvalue weighted by Gasteiger charge is 2.33. The van der Waals surface area contributed by atoms with Gasteiger partial charge in [-0.25, -0.2) is 13.2 Å². The molecule has 0 amide bonds. The van der Waals surface area contributed by atoms with E-state index in [2.05, 4.69) is 15.9 Å². The van der Waals surface area contributed by atoms with Crippen LogP contribution in [-0.4, -0.2) is 30.5 Å². The van der Waals surface area contributed by atoms with Crippen LogP contribution in [0.2, 0.25) is 0 Å². The van der Waals surface area contributed by atoms with Crippen LogP contribution in [0.1, 0.15) is 18.4 Å². The molecule has 0 bridgehead atoms. The third kappa shape index (κ3) is 3.72. The molecule has 100 valence electrons. The van der Waals surface area contributed by atoms with Crippen LogP contribution in [0.4, 0.5) is 13.2 Å². The number of hydrogen-bond acceptors (Lipinski definition) is 1. The summed E-state index contributed by atoms with van der Waals surface area (Å²) in [6.07, 6.45) is 0.644. The van der Waals surface area contributed by atoms with E-state index in [9.17, 15) is 13.2 Å². The van der Waals surface area contributed by atoms with E-state index in [1.165, 1.54) is 6.07 Å². The Morgan fingerprint density at radius 2 is 1.89 bits per heavy atom. The van der Waals surface area contributed by atoms with E-state index in [4.69, 9.17) is 0 Å². The number of piperidine rings is 1. The zero-order chi connectivity index (χ0) is 13.2. The van der Waals surface area contributed by atoms with E-state index in [-0.39, 0.29) is 18.7 Å². The molecule has 1 heterocycles. The van der Waals surface area contributed by atoms with Crippen molar-refractivity contribution in [3.8, 4) is 0 Å². The summed E-state index contributed by atoms with van der Waals surface area (Å²) in [5.74, 6) is -2.77. The van der Waals surface area contributed by atoms with Gasteiger partial charge in [0.15, 0.2) is 0 Å². The molecule has 1 fully saturated rings. The Kier molecular flexibility index (Phi) is 4.33. The smallest absolute Gasteiger partial charge is 0.250 e. The molecule has 1 saturated heterocycles. The molecule has 0 N–H and O–H groups in total. The van der Waals surface area contributed by atoms with Crippen molar-refractivity contribution < 1.29 is 13.2 Å². The first-order valence-electron chi connectivity index (χ1n) is 6.00. The van der Waals surface area contributed by atoms with Crippen LogP contribution in [0.15, 0.2) is 22.7 Å². The first-order valence-corrected chi connectivity index (χ1v) is 6.80. The van der Waals surface area contributed by atoms with Crippen LogP contribution in [-0.2, 0) is 6.42 Å². The Morgan fingerprint density at radius 1 is 1.22 bits per heavy atom. The van der Waals surface area contributed by atoms with E-state index < -0.39 is 5.92 Å². The maximum absolute atomic E-state index is 13.0. The molecule has 0 aliphatic carbocycles. The maximum Gasteiger partial charge on any atom is 0.250 e. The molecule has 0 radical (unpaired) electrons. The number of nitrogens with zero attached hydrogens (tertiary/aromatic N) is 1. The predicted octanol–water partition coefficient (Wildman–Crippen LogP) is 3.86. The Labute approximate surface area is 113 Å². The number of rotatable bonds is 3. The standard InChI is InChI=1S/C13H15BrF3N/c14-11-9-10(1-2-12(11)15)3-6-18-7-4-13(16,17)5-8-18/h1-2,9H,3-8H2. The third-order valence-electron chi connectivity index (χ3n) is 3.29. The van der Waals surface area contributed by atoms with Gasteiger partial charge in [-0.05, 0) is 40.0 Å². The monoisotopic (exact) mass is 321 g/mol. The summed E-state index contributed by atoms with van der Waals surface area (Å²) in [6.45, 7) is 1.62. The summed E-state index contributed by atoms with van der Waals surface area (Å²) < 4.78 is 39.4. The highest BCUT2D eigenvalue weighted by atomic mass is 79.9. The van der Waals surface area contributed by atoms with Crippen molar-refractivity contribution in [3.63, 3.8) is 0 Å². The first-order chi connectivity index (χ1) is 8.46. The van der Waals surface area contributed by atoms with Crippen LogP contribution in [0.25, 0.3) is 0 Å². The largest absolute Gasteiger partial charge is 0.303 e. The number of alkyl halides is 2. The van der Waals surface area contributed by atoms with E-state index >= 15 is 0 Å². The molecule has 5 heteroatoms. The quantitative estimate of drug-likeness (QED) is 0.817. The molecule has 18 heavy (non-hydrogen) atoms. The fourth-order valence-corrected chi connectivity index (χ4v) is 2.51. The molecule has 1 aliphatic heterocycles. The van der Waals surface area contributed by atoms with Gasteiger partial charge in [0.2, 0.25) is 0 Å². The van der Waals surface area contributed by atoms with Crippen molar-refractivity contribution in [2.24, 2.45) is 0 Å². The molecular weight excluding hydrogens is 307 g/mol. The lowest BCUT2D eigenvalue weighted by Crippen LogP contribution is -2.40. The van der Waals surface area contributed by atoms with Crippen molar-refractivity contribution in [2.75, 3.05) is 19.6 Å². The zero-order valence-electron chi connectivity index (χ0n) is 9.93. The molecule has 0 aromatic heterocycles. The summed E-state index contributed by atoms with van der Waals surface area (Å²) in [4.78, 5) is 2.04. The molecule has 0 atom stereocenters. The normalized spacial score (nSPS) is 20.0. The van der Waals surface area contributed by atoms with Gasteiger partial charge in [0.05, 0.1) is 4.47 Å². The SMILES string of the molecule is Fc1ccc(CCN2CCC(F)(F)CC2)cc1Br. The second kappa shape index (κ2) is 5.61. The van der Waals surface area contributed by atoms with Crippen LogP contribution in [0.3, 0.4) is 0 Å². The van der Waals surface area contributed by atoms with Crippen LogP contribution in [0, 0.1) is 5.82 Å². The molecule has 1 nitrogen and oxygen atoms in total. The van der Waals surface area contributed by atoms with Crippen LogP contribution >= 0.6 is 15.9 Å². The van der Waals surface area contributed by atoms with E-state index in [0.29, 0.717) is 17.6 Å². The fourth-order valence-electron chi connectivity index (χ4n) is 2.09. The molecule has 0 spiro atoms. The van der Waals surface area contributed by atoms with Gasteiger partial charge in [-0.1, -0.05) is 6.07 Å². The van der Waals surface area contributed by atoms with Crippen LogP contribution < -0.4 is 0 Å². The molecule has 0 saturated carbocycles. The van der Waals surface area contributed by atoms with Gasteiger partial charge in [0.25, 0.3) is 5.92 Å². The average molecular weight is 322 g/mol. The lowest BCUT2D eigenvalue weighted by atomic mass is 10.1. The van der Waals surface area contributed by atoms with E-state index in [0.717, 1.165) is 18.5 Å². The Morgan fingerprint density at radius 3 is 2.50 bits per heavy atom. The van der Waals surface area contributed by atoms with Gasteiger partial charge in [0, 0.05) is 32.5 Å². The predicted molar refractivity (Wildman–Crippen MR) is 68.4 cm³/mol. The van der Waals surface area contributed by atoms with Gasteiger partial charge < -0.3 is 4.90 Å². The second-order valence-electron chi connectivity index (χ2n) is 4.70. The maximum atomic E-state index is 13.0. The number of benzene rings is 1. The van der Waals surface area contributed by atoms with Crippen molar-refractivity contribution in [1.82, 2.24) is 4.90 Å². The molecule has 1 aliphatic rings. The van der Waals surface area contributed by atoms with Gasteiger partial charge in [0.1, 0.15) is 5.82 Å². The van der Waals surface area contributed by atoms with Crippen molar-refractivity contribution in [1.29, 1.82) is 0 Å². The van der Waals surface area contributed by atoms with E-state index in [1.54, 1.807) is 12.1 Å². The second-order valence-corrected chi connectivity index (χ2v) is 5.55. The summed E-state index contributed by atoms with van der Waals surface area (Å²) in [6, 6.07) is 4.90. The van der Waals surface area contributed by atoms with Gasteiger partial charge in [-0.2, -0.15) is 0 Å². The topological polar surface area (TPSA) is 3.24 Å². The Balaban J connectivity index is 1.83. The third-order valence-corrected chi connectivity index (χ3v) is 3.90. The summed E-state index contributed by atoms with van der Waals surface area (Å²) >= 11 is 3.14. The summed E-state index contributed by atoms with van der Waals surface area (Å²) in [5.41, 5.74) is 1.01.